The van der Waals surface area contributed by atoms with Crippen molar-refractivity contribution in [2.45, 2.75) is 64.3 Å². The quantitative estimate of drug-likeness (QED) is 0.531. The Hall–Kier alpha value is -2.52. The van der Waals surface area contributed by atoms with Crippen molar-refractivity contribution in [2.75, 3.05) is 7.11 Å². The predicted molar refractivity (Wildman–Crippen MR) is 123 cm³/mol. The second-order valence-electron chi connectivity index (χ2n) is 9.09. The SMILES string of the molecule is CCCC[C@H]1Cc2cc(OC)ccc2C(c2ccn(C)n2)N1C(=O)C#C[Si](C)(C)C. The van der Waals surface area contributed by atoms with Crippen LogP contribution in [-0.2, 0) is 18.3 Å². The molecule has 3 rings (SSSR count). The molecule has 160 valence electrons. The second-order valence-corrected chi connectivity index (χ2v) is 13.8. The number of amides is 1. The monoisotopic (exact) mass is 423 g/mol. The van der Waals surface area contributed by atoms with E-state index in [9.17, 15) is 4.79 Å². The van der Waals surface area contributed by atoms with E-state index in [1.54, 1.807) is 11.8 Å². The van der Waals surface area contributed by atoms with E-state index in [1.165, 1.54) is 5.56 Å². The van der Waals surface area contributed by atoms with Gasteiger partial charge in [-0.05, 0) is 48.1 Å². The molecule has 0 fully saturated rings. The zero-order valence-corrected chi connectivity index (χ0v) is 20.0. The average molecular weight is 424 g/mol. The maximum atomic E-state index is 13.5. The molecule has 1 aliphatic heterocycles. The predicted octanol–water partition coefficient (Wildman–Crippen LogP) is 4.34. The van der Waals surface area contributed by atoms with Crippen LogP contribution in [0.2, 0.25) is 19.6 Å². The zero-order chi connectivity index (χ0) is 21.9. The van der Waals surface area contributed by atoms with Gasteiger partial charge in [0.05, 0.1) is 12.8 Å². The molecule has 0 bridgehead atoms. The molecular weight excluding hydrogens is 390 g/mol. The molecular formula is C24H33N3O2Si. The number of methoxy groups -OCH3 is 1. The number of aryl methyl sites for hydroxylation is 1. The van der Waals surface area contributed by atoms with E-state index in [4.69, 9.17) is 4.74 Å². The third-order valence-corrected chi connectivity index (χ3v) is 6.33. The van der Waals surface area contributed by atoms with Gasteiger partial charge in [-0.2, -0.15) is 5.10 Å². The number of carbonyl (C=O) groups excluding carboxylic acids is 1. The van der Waals surface area contributed by atoms with Gasteiger partial charge in [-0.1, -0.05) is 45.5 Å². The third kappa shape index (κ3) is 4.96. The number of unbranched alkanes of at least 4 members (excludes halogenated alkanes) is 1. The highest BCUT2D eigenvalue weighted by Gasteiger charge is 2.39. The summed E-state index contributed by atoms with van der Waals surface area (Å²) in [5.74, 6) is 3.76. The average Bonchev–Trinajstić information content (AvgIpc) is 3.14. The molecule has 2 heterocycles. The highest BCUT2D eigenvalue weighted by atomic mass is 28.3. The van der Waals surface area contributed by atoms with Gasteiger partial charge in [-0.15, -0.1) is 5.54 Å². The fourth-order valence-corrected chi connectivity index (χ4v) is 4.50. The Morgan fingerprint density at radius 1 is 1.30 bits per heavy atom. The molecule has 2 atom stereocenters. The third-order valence-electron chi connectivity index (χ3n) is 5.46. The van der Waals surface area contributed by atoms with Gasteiger partial charge < -0.3 is 9.64 Å². The van der Waals surface area contributed by atoms with Crippen LogP contribution in [0.4, 0.5) is 0 Å². The van der Waals surface area contributed by atoms with Gasteiger partial charge in [-0.3, -0.25) is 9.48 Å². The molecule has 1 aromatic carbocycles. The maximum absolute atomic E-state index is 13.5. The van der Waals surface area contributed by atoms with Crippen molar-refractivity contribution in [1.29, 1.82) is 0 Å². The largest absolute Gasteiger partial charge is 0.497 e. The molecule has 0 saturated heterocycles. The Labute approximate surface area is 181 Å². The molecule has 2 aromatic rings. The van der Waals surface area contributed by atoms with E-state index in [0.29, 0.717) is 0 Å². The highest BCUT2D eigenvalue weighted by molar-refractivity contribution is 6.84. The maximum Gasteiger partial charge on any atom is 0.298 e. The van der Waals surface area contributed by atoms with Crippen LogP contribution in [0.5, 0.6) is 5.75 Å². The van der Waals surface area contributed by atoms with Gasteiger partial charge in [0.1, 0.15) is 19.9 Å². The van der Waals surface area contributed by atoms with Gasteiger partial charge in [0.2, 0.25) is 0 Å². The zero-order valence-electron chi connectivity index (χ0n) is 19.0. The summed E-state index contributed by atoms with van der Waals surface area (Å²) >= 11 is 0. The first-order chi connectivity index (χ1) is 14.2. The summed E-state index contributed by atoms with van der Waals surface area (Å²) in [6.07, 6.45) is 5.88. The van der Waals surface area contributed by atoms with Gasteiger partial charge in [0.25, 0.3) is 5.91 Å². The van der Waals surface area contributed by atoms with Crippen molar-refractivity contribution < 1.29 is 9.53 Å². The number of aromatic nitrogens is 2. The lowest BCUT2D eigenvalue weighted by Crippen LogP contribution is -2.47. The highest BCUT2D eigenvalue weighted by Crippen LogP contribution is 2.40. The minimum absolute atomic E-state index is 0.0874. The number of rotatable bonds is 5. The first kappa shape index (κ1) is 22.2. The lowest BCUT2D eigenvalue weighted by Gasteiger charge is -2.42. The van der Waals surface area contributed by atoms with E-state index >= 15 is 0 Å². The van der Waals surface area contributed by atoms with E-state index in [-0.39, 0.29) is 18.0 Å². The standard InChI is InChI=1S/C24H33N3O2Si/c1-7-8-9-19-16-18-17-20(29-3)10-11-21(18)24(22-12-14-26(2)25-22)27(19)23(28)13-15-30(4,5)6/h10-12,14,17,19,24H,7-9,16H2,1-6H3/t19-,24?/m0/s1. The summed E-state index contributed by atoms with van der Waals surface area (Å²) in [4.78, 5) is 15.5. The molecule has 0 N–H and O–H groups in total. The van der Waals surface area contributed by atoms with E-state index in [2.05, 4.69) is 55.3 Å². The summed E-state index contributed by atoms with van der Waals surface area (Å²) in [7, 11) is 1.94. The van der Waals surface area contributed by atoms with Crippen molar-refractivity contribution in [3.8, 4) is 17.2 Å². The lowest BCUT2D eigenvalue weighted by molar-refractivity contribution is -0.130. The first-order valence-electron chi connectivity index (χ1n) is 10.8. The number of nitrogens with zero attached hydrogens (tertiary/aromatic N) is 3. The van der Waals surface area contributed by atoms with Crippen LogP contribution in [0, 0.1) is 11.5 Å². The van der Waals surface area contributed by atoms with E-state index < -0.39 is 8.07 Å². The van der Waals surface area contributed by atoms with Gasteiger partial charge in [0, 0.05) is 19.3 Å². The summed E-state index contributed by atoms with van der Waals surface area (Å²) < 4.78 is 7.27. The van der Waals surface area contributed by atoms with Crippen molar-refractivity contribution in [3.63, 3.8) is 0 Å². The Balaban J connectivity index is 2.13. The summed E-state index contributed by atoms with van der Waals surface area (Å²) in [5, 5.41) is 4.68. The molecule has 5 nitrogen and oxygen atoms in total. The minimum atomic E-state index is -1.66. The van der Waals surface area contributed by atoms with Crippen LogP contribution in [-0.4, -0.2) is 41.8 Å². The number of hydrogen-bond acceptors (Lipinski definition) is 3. The van der Waals surface area contributed by atoms with Crippen LogP contribution >= 0.6 is 0 Å². The van der Waals surface area contributed by atoms with Crippen molar-refractivity contribution in [1.82, 2.24) is 14.7 Å². The molecule has 0 saturated carbocycles. The van der Waals surface area contributed by atoms with Crippen molar-refractivity contribution in [3.05, 3.63) is 47.3 Å². The molecule has 6 heteroatoms. The number of benzene rings is 1. The molecule has 1 unspecified atom stereocenters. The molecule has 1 aliphatic rings. The topological polar surface area (TPSA) is 47.4 Å². The van der Waals surface area contributed by atoms with E-state index in [0.717, 1.165) is 42.7 Å². The van der Waals surface area contributed by atoms with Crippen LogP contribution in [0.25, 0.3) is 0 Å². The fraction of sp³-hybridized carbons (Fsp3) is 0.500. The van der Waals surface area contributed by atoms with Crippen LogP contribution in [0.3, 0.4) is 0 Å². The summed E-state index contributed by atoms with van der Waals surface area (Å²) in [6, 6.07) is 8.03. The lowest BCUT2D eigenvalue weighted by atomic mass is 9.84. The van der Waals surface area contributed by atoms with Gasteiger partial charge in [0.15, 0.2) is 0 Å². The van der Waals surface area contributed by atoms with Crippen LogP contribution < -0.4 is 4.74 Å². The van der Waals surface area contributed by atoms with Crippen LogP contribution in [0.1, 0.15) is 49.0 Å². The number of ether oxygens (including phenoxy) is 1. The molecule has 0 spiro atoms. The molecule has 30 heavy (non-hydrogen) atoms. The molecule has 0 radical (unpaired) electrons. The van der Waals surface area contributed by atoms with Crippen molar-refractivity contribution >= 4 is 14.0 Å². The normalized spacial score (nSPS) is 18.4. The molecule has 1 amide bonds. The first-order valence-corrected chi connectivity index (χ1v) is 14.3. The fourth-order valence-electron chi connectivity index (χ4n) is 4.02. The number of fused-ring (bicyclic) bond motifs is 1. The summed E-state index contributed by atoms with van der Waals surface area (Å²) in [5.41, 5.74) is 6.50. The molecule has 1 aromatic heterocycles. The number of carbonyl (C=O) groups is 1. The molecule has 0 aliphatic carbocycles. The minimum Gasteiger partial charge on any atom is -0.497 e. The van der Waals surface area contributed by atoms with Crippen molar-refractivity contribution in [2.24, 2.45) is 7.05 Å². The Bertz CT molecular complexity index is 965. The second kappa shape index (κ2) is 9.09. The number of hydrogen-bond donors (Lipinski definition) is 0. The Morgan fingerprint density at radius 2 is 2.07 bits per heavy atom. The Kier molecular flexibility index (Phi) is 6.72. The summed E-state index contributed by atoms with van der Waals surface area (Å²) in [6.45, 7) is 8.68. The Morgan fingerprint density at radius 3 is 2.67 bits per heavy atom. The van der Waals surface area contributed by atoms with E-state index in [1.807, 2.05) is 30.3 Å². The van der Waals surface area contributed by atoms with Crippen LogP contribution in [0.15, 0.2) is 30.5 Å². The van der Waals surface area contributed by atoms with Gasteiger partial charge >= 0.3 is 0 Å². The van der Waals surface area contributed by atoms with Gasteiger partial charge in [-0.25, -0.2) is 0 Å². The smallest absolute Gasteiger partial charge is 0.298 e.